The number of aromatic hydroxyl groups is 1. The average molecular weight is 313 g/mol. The molecule has 1 aromatic heterocycles. The van der Waals surface area contributed by atoms with Crippen LogP contribution in [0.1, 0.15) is 10.4 Å². The zero-order valence-electron chi connectivity index (χ0n) is 12.1. The fraction of sp³-hybridized carbons (Fsp3) is 0.0588. The third-order valence-corrected chi connectivity index (χ3v) is 3.47. The number of phenols is 1. The number of phenolic OH excluding ortho intramolecular Hbond substituents is 1. The highest BCUT2D eigenvalue weighted by molar-refractivity contribution is 5.90. The van der Waals surface area contributed by atoms with Gasteiger partial charge in [-0.05, 0) is 36.4 Å². The van der Waals surface area contributed by atoms with Crippen molar-refractivity contribution in [3.8, 4) is 22.8 Å². The summed E-state index contributed by atoms with van der Waals surface area (Å²) < 4.78 is 19.5. The minimum Gasteiger partial charge on any atom is -0.508 e. The third-order valence-electron chi connectivity index (χ3n) is 3.47. The second-order valence-electron chi connectivity index (χ2n) is 4.91. The van der Waals surface area contributed by atoms with Crippen molar-refractivity contribution >= 4 is 16.9 Å². The van der Waals surface area contributed by atoms with Gasteiger partial charge in [0.15, 0.2) is 0 Å². The van der Waals surface area contributed by atoms with E-state index < -0.39 is 11.8 Å². The van der Waals surface area contributed by atoms with Gasteiger partial charge in [-0.15, -0.1) is 0 Å². The summed E-state index contributed by atoms with van der Waals surface area (Å²) in [5.41, 5.74) is 1.24. The third kappa shape index (κ3) is 2.66. The van der Waals surface area contributed by atoms with Gasteiger partial charge in [0.2, 0.25) is 0 Å². The number of fused-ring (bicyclic) bond motifs is 1. The van der Waals surface area contributed by atoms with Gasteiger partial charge in [0.1, 0.15) is 17.3 Å². The lowest BCUT2D eigenvalue weighted by atomic mass is 10.1. The molecule has 5 nitrogen and oxygen atoms in total. The maximum atomic E-state index is 14.3. The molecule has 2 aromatic carbocycles. The Morgan fingerprint density at radius 2 is 1.96 bits per heavy atom. The molecule has 0 aliphatic rings. The van der Waals surface area contributed by atoms with E-state index in [9.17, 15) is 14.3 Å². The Balaban J connectivity index is 2.20. The smallest absolute Gasteiger partial charge is 0.335 e. The fourth-order valence-electron chi connectivity index (χ4n) is 2.35. The molecule has 0 bridgehead atoms. The Kier molecular flexibility index (Phi) is 3.57. The van der Waals surface area contributed by atoms with Gasteiger partial charge in [0.25, 0.3) is 0 Å². The van der Waals surface area contributed by atoms with Crippen molar-refractivity contribution in [3.05, 3.63) is 53.8 Å². The van der Waals surface area contributed by atoms with E-state index in [2.05, 4.69) is 4.98 Å². The molecule has 0 atom stereocenters. The molecule has 0 aliphatic heterocycles. The van der Waals surface area contributed by atoms with Gasteiger partial charge in [-0.1, -0.05) is 0 Å². The molecule has 0 radical (unpaired) electrons. The normalized spacial score (nSPS) is 10.7. The first-order valence-corrected chi connectivity index (χ1v) is 6.70. The van der Waals surface area contributed by atoms with Crippen LogP contribution in [-0.2, 0) is 0 Å². The van der Waals surface area contributed by atoms with Crippen LogP contribution >= 0.6 is 0 Å². The minimum atomic E-state index is -1.08. The first-order chi connectivity index (χ1) is 11.0. The summed E-state index contributed by atoms with van der Waals surface area (Å²) in [7, 11) is 1.40. The van der Waals surface area contributed by atoms with Gasteiger partial charge in [-0.25, -0.2) is 14.2 Å². The summed E-state index contributed by atoms with van der Waals surface area (Å²) in [4.78, 5) is 15.4. The highest BCUT2D eigenvalue weighted by Crippen LogP contribution is 2.32. The number of pyridine rings is 1. The minimum absolute atomic E-state index is 0.0469. The number of hydrogen-bond donors (Lipinski definition) is 2. The number of ether oxygens (including phenoxy) is 1. The Morgan fingerprint density at radius 1 is 1.17 bits per heavy atom. The van der Waals surface area contributed by atoms with Gasteiger partial charge < -0.3 is 14.9 Å². The van der Waals surface area contributed by atoms with Crippen molar-refractivity contribution < 1.29 is 24.1 Å². The van der Waals surface area contributed by atoms with E-state index in [1.165, 1.54) is 49.6 Å². The molecule has 116 valence electrons. The van der Waals surface area contributed by atoms with Crippen molar-refractivity contribution in [2.24, 2.45) is 0 Å². The summed E-state index contributed by atoms with van der Waals surface area (Å²) >= 11 is 0. The molecular formula is C17H12FNO4. The molecule has 0 amide bonds. The fourth-order valence-corrected chi connectivity index (χ4v) is 2.35. The van der Waals surface area contributed by atoms with Crippen LogP contribution in [0.2, 0.25) is 0 Å². The molecule has 0 aliphatic carbocycles. The Hall–Kier alpha value is -3.15. The molecule has 0 spiro atoms. The molecule has 6 heteroatoms. The summed E-state index contributed by atoms with van der Waals surface area (Å²) in [5, 5.41) is 18.7. The van der Waals surface area contributed by atoms with Crippen molar-refractivity contribution in [1.82, 2.24) is 4.98 Å². The maximum Gasteiger partial charge on any atom is 0.335 e. The van der Waals surface area contributed by atoms with Crippen LogP contribution in [-0.4, -0.2) is 28.3 Å². The van der Waals surface area contributed by atoms with E-state index in [4.69, 9.17) is 9.84 Å². The van der Waals surface area contributed by atoms with E-state index in [0.29, 0.717) is 16.8 Å². The van der Waals surface area contributed by atoms with E-state index in [0.717, 1.165) is 0 Å². The molecular weight excluding hydrogens is 301 g/mol. The standard InChI is InChI=1S/C17H12FNO4/c1-23-16-6-9(17(21)22)2-4-11(16)15-8-13(18)12-7-10(20)3-5-14(12)19-15/h2-8,20H,1H3,(H,21,22). The molecule has 3 aromatic rings. The molecule has 2 N–H and O–H groups in total. The predicted molar refractivity (Wildman–Crippen MR) is 82.3 cm³/mol. The first-order valence-electron chi connectivity index (χ1n) is 6.70. The zero-order valence-corrected chi connectivity index (χ0v) is 12.1. The highest BCUT2D eigenvalue weighted by Gasteiger charge is 2.14. The van der Waals surface area contributed by atoms with Gasteiger partial charge >= 0.3 is 5.97 Å². The Morgan fingerprint density at radius 3 is 2.65 bits per heavy atom. The molecule has 23 heavy (non-hydrogen) atoms. The van der Waals surface area contributed by atoms with Gasteiger partial charge in [0.05, 0.1) is 23.9 Å². The number of nitrogens with zero attached hydrogens (tertiary/aromatic N) is 1. The summed E-state index contributed by atoms with van der Waals surface area (Å²) in [6.45, 7) is 0. The van der Waals surface area contributed by atoms with Gasteiger partial charge in [-0.2, -0.15) is 0 Å². The second kappa shape index (κ2) is 5.57. The van der Waals surface area contributed by atoms with Crippen molar-refractivity contribution in [1.29, 1.82) is 0 Å². The van der Waals surface area contributed by atoms with Gasteiger partial charge in [-0.3, -0.25) is 0 Å². The number of carbonyl (C=O) groups is 1. The zero-order chi connectivity index (χ0) is 16.6. The lowest BCUT2D eigenvalue weighted by molar-refractivity contribution is 0.0696. The van der Waals surface area contributed by atoms with Crippen LogP contribution in [0.3, 0.4) is 0 Å². The number of aromatic carboxylic acids is 1. The molecule has 0 fully saturated rings. The molecule has 3 rings (SSSR count). The number of benzene rings is 2. The van der Waals surface area contributed by atoms with Crippen molar-refractivity contribution in [2.45, 2.75) is 0 Å². The average Bonchev–Trinajstić information content (AvgIpc) is 2.54. The monoisotopic (exact) mass is 313 g/mol. The number of aromatic nitrogens is 1. The van der Waals surface area contributed by atoms with E-state index in [1.54, 1.807) is 0 Å². The van der Waals surface area contributed by atoms with Crippen molar-refractivity contribution in [2.75, 3.05) is 7.11 Å². The number of halogens is 1. The van der Waals surface area contributed by atoms with Crippen LogP contribution in [0, 0.1) is 5.82 Å². The lowest BCUT2D eigenvalue weighted by Crippen LogP contribution is -1.99. The number of carboxylic acids is 1. The van der Waals surface area contributed by atoms with Crippen LogP contribution < -0.4 is 4.74 Å². The first kappa shape index (κ1) is 14.8. The van der Waals surface area contributed by atoms with Crippen LogP contribution in [0.5, 0.6) is 11.5 Å². The van der Waals surface area contributed by atoms with E-state index in [-0.39, 0.29) is 22.4 Å². The molecule has 0 unspecified atom stereocenters. The summed E-state index contributed by atoms with van der Waals surface area (Å²) in [6, 6.07) is 9.74. The Bertz CT molecular complexity index is 924. The van der Waals surface area contributed by atoms with E-state index >= 15 is 0 Å². The number of hydrogen-bond acceptors (Lipinski definition) is 4. The predicted octanol–water partition coefficient (Wildman–Crippen LogP) is 3.45. The van der Waals surface area contributed by atoms with E-state index in [1.807, 2.05) is 0 Å². The largest absolute Gasteiger partial charge is 0.508 e. The van der Waals surface area contributed by atoms with Crippen LogP contribution in [0.4, 0.5) is 4.39 Å². The quantitative estimate of drug-likeness (QED) is 0.774. The second-order valence-corrected chi connectivity index (χ2v) is 4.91. The Labute approximate surface area is 130 Å². The van der Waals surface area contributed by atoms with Gasteiger partial charge in [0, 0.05) is 17.0 Å². The van der Waals surface area contributed by atoms with Crippen LogP contribution in [0.15, 0.2) is 42.5 Å². The number of rotatable bonds is 3. The summed E-state index contributed by atoms with van der Waals surface area (Å²) in [6.07, 6.45) is 0. The molecule has 0 saturated carbocycles. The highest BCUT2D eigenvalue weighted by atomic mass is 19.1. The van der Waals surface area contributed by atoms with Crippen molar-refractivity contribution in [3.63, 3.8) is 0 Å². The van der Waals surface area contributed by atoms with Crippen LogP contribution in [0.25, 0.3) is 22.2 Å². The molecule has 0 saturated heterocycles. The SMILES string of the molecule is COc1cc(C(=O)O)ccc1-c1cc(F)c2cc(O)ccc2n1. The molecule has 1 heterocycles. The topological polar surface area (TPSA) is 79.7 Å². The number of methoxy groups -OCH3 is 1. The lowest BCUT2D eigenvalue weighted by Gasteiger charge is -2.10. The number of carboxylic acid groups (broad SMARTS) is 1. The maximum absolute atomic E-state index is 14.3. The summed E-state index contributed by atoms with van der Waals surface area (Å²) in [5.74, 6) is -1.38.